The van der Waals surface area contributed by atoms with Crippen molar-refractivity contribution in [2.75, 3.05) is 11.9 Å². The van der Waals surface area contributed by atoms with Gasteiger partial charge in [-0.2, -0.15) is 4.98 Å². The molecule has 0 atom stereocenters. The molecule has 0 radical (unpaired) electrons. The third kappa shape index (κ3) is 2.18. The van der Waals surface area contributed by atoms with E-state index in [1.807, 2.05) is 24.3 Å². The van der Waals surface area contributed by atoms with Crippen LogP contribution in [-0.4, -0.2) is 17.0 Å². The predicted octanol–water partition coefficient (Wildman–Crippen LogP) is 4.19. The van der Waals surface area contributed by atoms with Crippen molar-refractivity contribution in [3.63, 3.8) is 0 Å². The largest absolute Gasteiger partial charge is 0.326 e. The number of halogens is 2. The van der Waals surface area contributed by atoms with E-state index in [1.54, 1.807) is 30.1 Å². The maximum Gasteiger partial charge on any atom is 0.224 e. The Morgan fingerprint density at radius 3 is 2.50 bits per heavy atom. The van der Waals surface area contributed by atoms with Crippen LogP contribution in [0.3, 0.4) is 0 Å². The monoisotopic (exact) mass is 287 g/mol. The molecule has 0 amide bonds. The Morgan fingerprint density at radius 1 is 1.00 bits per heavy atom. The van der Waals surface area contributed by atoms with Gasteiger partial charge in [-0.25, -0.2) is 9.37 Å². The Morgan fingerprint density at radius 2 is 1.70 bits per heavy atom. The molecule has 0 aliphatic heterocycles. The van der Waals surface area contributed by atoms with Crippen LogP contribution < -0.4 is 4.90 Å². The minimum absolute atomic E-state index is 0.141. The van der Waals surface area contributed by atoms with Crippen molar-refractivity contribution in [1.82, 2.24) is 9.97 Å². The van der Waals surface area contributed by atoms with Gasteiger partial charge in [0.2, 0.25) is 5.28 Å². The lowest BCUT2D eigenvalue weighted by molar-refractivity contribution is 0.627. The summed E-state index contributed by atoms with van der Waals surface area (Å²) in [5, 5.41) is 0.963. The van der Waals surface area contributed by atoms with Crippen LogP contribution in [0, 0.1) is 5.82 Å². The van der Waals surface area contributed by atoms with Gasteiger partial charge in [0.1, 0.15) is 11.6 Å². The van der Waals surface area contributed by atoms with Gasteiger partial charge >= 0.3 is 0 Å². The third-order valence-corrected chi connectivity index (χ3v) is 3.26. The summed E-state index contributed by atoms with van der Waals surface area (Å²) in [6.45, 7) is 0. The highest BCUT2D eigenvalue weighted by Crippen LogP contribution is 2.30. The molecule has 3 nitrogen and oxygen atoms in total. The second kappa shape index (κ2) is 5.06. The first-order chi connectivity index (χ1) is 9.66. The van der Waals surface area contributed by atoms with Crippen molar-refractivity contribution in [1.29, 1.82) is 0 Å². The summed E-state index contributed by atoms with van der Waals surface area (Å²) in [5.74, 6) is 0.263. The zero-order valence-electron chi connectivity index (χ0n) is 10.7. The Labute approximate surface area is 120 Å². The summed E-state index contributed by atoms with van der Waals surface area (Å²) in [6, 6.07) is 14.0. The van der Waals surface area contributed by atoms with Crippen molar-refractivity contribution in [2.24, 2.45) is 0 Å². The zero-order chi connectivity index (χ0) is 14.1. The van der Waals surface area contributed by atoms with Crippen molar-refractivity contribution in [2.45, 2.75) is 0 Å². The maximum absolute atomic E-state index is 13.9. The predicted molar refractivity (Wildman–Crippen MR) is 79.0 cm³/mol. The second-order valence-corrected chi connectivity index (χ2v) is 4.68. The van der Waals surface area contributed by atoms with Crippen molar-refractivity contribution in [3.05, 3.63) is 59.6 Å². The fourth-order valence-electron chi connectivity index (χ4n) is 2.13. The molecule has 0 unspecified atom stereocenters. The number of nitrogens with zero attached hydrogens (tertiary/aromatic N) is 3. The number of benzene rings is 2. The Balaban J connectivity index is 2.21. The number of anilines is 2. The van der Waals surface area contributed by atoms with E-state index in [0.717, 1.165) is 10.9 Å². The average molecular weight is 288 g/mol. The van der Waals surface area contributed by atoms with Gasteiger partial charge in [-0.3, -0.25) is 0 Å². The molecule has 0 fully saturated rings. The third-order valence-electron chi connectivity index (χ3n) is 3.09. The van der Waals surface area contributed by atoms with Crippen LogP contribution in [-0.2, 0) is 0 Å². The van der Waals surface area contributed by atoms with Crippen LogP contribution in [0.25, 0.3) is 10.9 Å². The summed E-state index contributed by atoms with van der Waals surface area (Å²) in [7, 11) is 1.75. The van der Waals surface area contributed by atoms with Gasteiger partial charge in [0.15, 0.2) is 0 Å². The fraction of sp³-hybridized carbons (Fsp3) is 0.0667. The number of para-hydroxylation sites is 2. The molecular formula is C15H11ClFN3. The number of hydrogen-bond acceptors (Lipinski definition) is 3. The van der Waals surface area contributed by atoms with Crippen LogP contribution in [0.5, 0.6) is 0 Å². The average Bonchev–Trinajstić information content (AvgIpc) is 2.46. The molecule has 0 bridgehead atoms. The van der Waals surface area contributed by atoms with E-state index < -0.39 is 0 Å². The van der Waals surface area contributed by atoms with Crippen LogP contribution in [0.1, 0.15) is 0 Å². The van der Waals surface area contributed by atoms with E-state index in [9.17, 15) is 4.39 Å². The van der Waals surface area contributed by atoms with Crippen LogP contribution in [0.4, 0.5) is 15.9 Å². The number of fused-ring (bicyclic) bond motifs is 1. The number of rotatable bonds is 2. The van der Waals surface area contributed by atoms with Crippen LogP contribution in [0.2, 0.25) is 5.28 Å². The highest BCUT2D eigenvalue weighted by Gasteiger charge is 2.14. The van der Waals surface area contributed by atoms with Gasteiger partial charge < -0.3 is 4.90 Å². The van der Waals surface area contributed by atoms with Gasteiger partial charge in [-0.05, 0) is 35.9 Å². The first-order valence-corrected chi connectivity index (χ1v) is 6.45. The van der Waals surface area contributed by atoms with Crippen molar-refractivity contribution < 1.29 is 4.39 Å². The lowest BCUT2D eigenvalue weighted by atomic mass is 10.2. The Hall–Kier alpha value is -2.20. The SMILES string of the molecule is CN(c1ccccc1F)c1nc(Cl)nc2ccccc12. The standard InChI is InChI=1S/C15H11ClFN3/c1-20(13-9-5-3-7-11(13)17)14-10-6-2-4-8-12(10)18-15(16)19-14/h2-9H,1H3. The molecule has 5 heteroatoms. The van der Waals surface area contributed by atoms with Crippen molar-refractivity contribution >= 4 is 34.0 Å². The molecule has 0 N–H and O–H groups in total. The quantitative estimate of drug-likeness (QED) is 0.662. The highest BCUT2D eigenvalue weighted by molar-refractivity contribution is 6.28. The van der Waals surface area contributed by atoms with E-state index in [-0.39, 0.29) is 11.1 Å². The van der Waals surface area contributed by atoms with E-state index in [2.05, 4.69) is 9.97 Å². The molecule has 1 heterocycles. The summed E-state index contributed by atoms with van der Waals surface area (Å²) in [4.78, 5) is 10.1. The molecule has 0 aliphatic carbocycles. The van der Waals surface area contributed by atoms with Gasteiger partial charge in [0.25, 0.3) is 0 Å². The van der Waals surface area contributed by atoms with Crippen LogP contribution in [0.15, 0.2) is 48.5 Å². The highest BCUT2D eigenvalue weighted by atomic mass is 35.5. The topological polar surface area (TPSA) is 29.0 Å². The molecule has 0 aliphatic rings. The normalized spacial score (nSPS) is 10.8. The zero-order valence-corrected chi connectivity index (χ0v) is 11.5. The van der Waals surface area contributed by atoms with Gasteiger partial charge in [0.05, 0.1) is 11.2 Å². The van der Waals surface area contributed by atoms with Gasteiger partial charge in [-0.1, -0.05) is 24.3 Å². The minimum atomic E-state index is -0.311. The first kappa shape index (κ1) is 12.8. The molecule has 3 aromatic rings. The van der Waals surface area contributed by atoms with Gasteiger partial charge in [0, 0.05) is 12.4 Å². The smallest absolute Gasteiger partial charge is 0.224 e. The molecule has 0 saturated carbocycles. The lowest BCUT2D eigenvalue weighted by Gasteiger charge is -2.20. The summed E-state index contributed by atoms with van der Waals surface area (Å²) in [5.41, 5.74) is 1.16. The van der Waals surface area contributed by atoms with E-state index in [0.29, 0.717) is 11.5 Å². The van der Waals surface area contributed by atoms with Gasteiger partial charge in [-0.15, -0.1) is 0 Å². The molecule has 100 valence electrons. The van der Waals surface area contributed by atoms with Crippen molar-refractivity contribution in [3.8, 4) is 0 Å². The first-order valence-electron chi connectivity index (χ1n) is 6.07. The molecule has 0 saturated heterocycles. The summed E-state index contributed by atoms with van der Waals surface area (Å²) in [6.07, 6.45) is 0. The van der Waals surface area contributed by atoms with E-state index in [4.69, 9.17) is 11.6 Å². The Bertz CT molecular complexity index is 776. The Kier molecular flexibility index (Phi) is 3.24. The van der Waals surface area contributed by atoms with Crippen LogP contribution >= 0.6 is 11.6 Å². The number of hydrogen-bond donors (Lipinski definition) is 0. The lowest BCUT2D eigenvalue weighted by Crippen LogP contribution is -2.13. The molecule has 0 spiro atoms. The minimum Gasteiger partial charge on any atom is -0.326 e. The van der Waals surface area contributed by atoms with E-state index >= 15 is 0 Å². The summed E-state index contributed by atoms with van der Waals surface area (Å²) < 4.78 is 13.9. The molecular weight excluding hydrogens is 277 g/mol. The number of aromatic nitrogens is 2. The molecule has 2 aromatic carbocycles. The molecule has 1 aromatic heterocycles. The van der Waals surface area contributed by atoms with E-state index in [1.165, 1.54) is 6.07 Å². The second-order valence-electron chi connectivity index (χ2n) is 4.34. The summed E-state index contributed by atoms with van der Waals surface area (Å²) >= 11 is 5.95. The fourth-order valence-corrected chi connectivity index (χ4v) is 2.30. The maximum atomic E-state index is 13.9. The molecule has 3 rings (SSSR count). The molecule has 20 heavy (non-hydrogen) atoms.